The van der Waals surface area contributed by atoms with Crippen molar-refractivity contribution in [2.75, 3.05) is 43.1 Å². The number of hydrogen-bond acceptors (Lipinski definition) is 25. The molecule has 3 aliphatic rings. The Balaban J connectivity index is 0.902. The molecule has 12 N–H and O–H groups in total. The summed E-state index contributed by atoms with van der Waals surface area (Å²) in [7, 11) is 0. The summed E-state index contributed by atoms with van der Waals surface area (Å²) in [6.45, 7) is -3.05. The summed E-state index contributed by atoms with van der Waals surface area (Å²) in [6.07, 6.45) is -10.2. The molecule has 4 aromatic heterocycles. The normalized spacial score (nSPS) is 25.9. The number of amides is 6. The van der Waals surface area contributed by atoms with Gasteiger partial charge in [-0.05, 0) is 62.1 Å². The third-order valence-electron chi connectivity index (χ3n) is 13.2. The second kappa shape index (κ2) is 27.2. The highest BCUT2D eigenvalue weighted by Gasteiger charge is 2.55. The number of urea groups is 1. The number of imidazole rings is 2. The topological polar surface area (TPSA) is 448 Å². The summed E-state index contributed by atoms with van der Waals surface area (Å²) >= 11 is 9.58. The minimum Gasteiger partial charge on any atom is -0.445 e. The molecule has 2 unspecified atom stereocenters. The van der Waals surface area contributed by atoms with E-state index >= 15 is 4.39 Å². The molecule has 0 radical (unpaired) electrons. The van der Waals surface area contributed by atoms with Crippen molar-refractivity contribution in [3.8, 4) is 0 Å². The molecule has 0 aliphatic carbocycles. The van der Waals surface area contributed by atoms with Crippen LogP contribution in [0.5, 0.6) is 0 Å². The number of aromatic nitrogens is 8. The summed E-state index contributed by atoms with van der Waals surface area (Å²) in [5, 5.41) is 13.1. The largest absolute Gasteiger partial charge is 0.509 e. The fraction of sp³-hybridized carbons (Fsp3) is 0.532. The van der Waals surface area contributed by atoms with Crippen LogP contribution in [0.25, 0.3) is 22.3 Å². The highest BCUT2D eigenvalue weighted by Crippen LogP contribution is 2.59. The Morgan fingerprint density at radius 1 is 0.871 bits per heavy atom. The van der Waals surface area contributed by atoms with Crippen molar-refractivity contribution >= 4 is 113 Å². The van der Waals surface area contributed by atoms with Crippen molar-refractivity contribution in [1.29, 1.82) is 0 Å². The summed E-state index contributed by atoms with van der Waals surface area (Å²) in [5.41, 5.74) is 16.9. The number of thiol groups is 1. The Kier molecular flexibility index (Phi) is 20.5. The van der Waals surface area contributed by atoms with Crippen molar-refractivity contribution in [3.63, 3.8) is 0 Å². The summed E-state index contributed by atoms with van der Waals surface area (Å²) < 4.78 is 85.4. The first kappa shape index (κ1) is 64.0. The third kappa shape index (κ3) is 16.1. The van der Waals surface area contributed by atoms with E-state index in [1.54, 1.807) is 32.9 Å². The first-order valence-corrected chi connectivity index (χ1v) is 31.5. The lowest BCUT2D eigenvalue weighted by Crippen LogP contribution is -2.54. The van der Waals surface area contributed by atoms with Crippen LogP contribution in [0.15, 0.2) is 49.6 Å². The summed E-state index contributed by atoms with van der Waals surface area (Å²) in [6, 6.07) is 3.48. The molecule has 7 heterocycles. The van der Waals surface area contributed by atoms with E-state index in [1.165, 1.54) is 47.8 Å². The zero-order valence-electron chi connectivity index (χ0n) is 46.0. The van der Waals surface area contributed by atoms with Gasteiger partial charge in [0, 0.05) is 18.7 Å². The molecule has 3 aliphatic heterocycles. The van der Waals surface area contributed by atoms with Gasteiger partial charge in [-0.3, -0.25) is 37.1 Å². The molecule has 85 heavy (non-hydrogen) atoms. The fourth-order valence-corrected chi connectivity index (χ4v) is 11.9. The van der Waals surface area contributed by atoms with Crippen molar-refractivity contribution in [2.45, 2.75) is 127 Å². The van der Waals surface area contributed by atoms with E-state index in [2.05, 4.69) is 68.7 Å². The number of carbonyl (C=O) groups excluding carboxylic acids is 6. The van der Waals surface area contributed by atoms with Gasteiger partial charge in [-0.2, -0.15) is 0 Å². The van der Waals surface area contributed by atoms with Gasteiger partial charge in [-0.1, -0.05) is 45.2 Å². The Hall–Kier alpha value is -6.98. The van der Waals surface area contributed by atoms with Crippen LogP contribution in [0.3, 0.4) is 0 Å². The van der Waals surface area contributed by atoms with E-state index in [-0.39, 0.29) is 84.7 Å². The molecule has 33 nitrogen and oxygen atoms in total. The minimum atomic E-state index is -4.60. The molecule has 12 atom stereocenters. The Morgan fingerprint density at radius 3 is 2.11 bits per heavy atom. The average molecular weight is 1270 g/mol. The number of ether oxygens (including phenoxy) is 5. The van der Waals surface area contributed by atoms with Gasteiger partial charge in [0.2, 0.25) is 17.7 Å². The van der Waals surface area contributed by atoms with Crippen LogP contribution >= 0.6 is 25.8 Å². The van der Waals surface area contributed by atoms with Gasteiger partial charge in [0.15, 0.2) is 47.7 Å². The van der Waals surface area contributed by atoms with Crippen LogP contribution in [-0.2, 0) is 79.1 Å². The standard InChI is InChI=1S/C47H63FN16O17P2S2/c1-6-28(65)62-30(22(2)3)41(67)61-25(8-7-13-52-44(51)68)40(66)60-24-11-9-23(10-12-24)14-73-45(69)53-17-47(4,5)79-46(70)78-35-34-27(77-43(35)64-21-59-32-37(50)55-19-57-39(32)64)16-75-82(71,84)80-33-26(15-74-83(72,85)81-34)76-42(29(33)48)63-20-58-31-36(49)54-18-56-38(31)63/h9-12,18-22,25-27,29-30,33-35,42-43H,6-8,13-17H2,1-5H3,(H,53,69)(H,60,66)(H,61,67)(H,62,65)(H,71,84)(H,72,85)(H2,49,54,56)(H2,50,55,57)(H3,51,52,68)/t25-,26+,27+,29+,30-,33+,34+,35+,42+,43+,82?,83?/m0/s1. The Bertz CT molecular complexity index is 3370. The van der Waals surface area contributed by atoms with E-state index in [1.807, 2.05) is 0 Å². The number of carbonyl (C=O) groups is 6. The molecule has 0 spiro atoms. The number of halogens is 1. The molecule has 38 heteroatoms. The molecule has 5 aromatic rings. The number of hydrogen-bond donors (Lipinski definition) is 10. The number of nitrogens with zero attached hydrogens (tertiary/aromatic N) is 8. The SMILES string of the molecule is CCC(=O)N[C@H](C(=O)N[C@@H](CCCNC(N)=O)C(=O)Nc1ccc(COC(=O)NCC(C)(C)OC(=O)O[C@@H]2[C@@H]3OP(O)(=S)OC[C@H]4O[C@@H](n5cnc6c(N)ncnc65)[C@H](F)[C@@H]4OP(=O)(S)OC[C@H]3O[C@H]2n2cnc3c(N)ncnc32)cc1)C(C)C. The first-order valence-electron chi connectivity index (χ1n) is 26.2. The van der Waals surface area contributed by atoms with E-state index in [4.69, 9.17) is 70.8 Å². The van der Waals surface area contributed by atoms with E-state index in [0.717, 1.165) is 12.7 Å². The van der Waals surface area contributed by atoms with E-state index in [0.29, 0.717) is 11.3 Å². The van der Waals surface area contributed by atoms with Gasteiger partial charge >= 0.3 is 31.8 Å². The molecular weight excluding hydrogens is 1210 g/mol. The van der Waals surface area contributed by atoms with Gasteiger partial charge < -0.3 is 76.9 Å². The van der Waals surface area contributed by atoms with Crippen LogP contribution in [0.2, 0.25) is 0 Å². The minimum absolute atomic E-state index is 0.00452. The van der Waals surface area contributed by atoms with Crippen molar-refractivity contribution in [1.82, 2.24) is 60.3 Å². The molecular formula is C47H63FN16O17P2S2. The van der Waals surface area contributed by atoms with Crippen LogP contribution in [0, 0.1) is 5.92 Å². The number of primary amides is 1. The van der Waals surface area contributed by atoms with Crippen LogP contribution in [0.1, 0.15) is 71.9 Å². The molecule has 3 saturated heterocycles. The monoisotopic (exact) mass is 1270 g/mol. The maximum Gasteiger partial charge on any atom is 0.509 e. The number of alkyl carbamates (subject to hydrolysis) is 1. The number of nitrogens with two attached hydrogens (primary N) is 3. The quantitative estimate of drug-likeness (QED) is 0.0246. The summed E-state index contributed by atoms with van der Waals surface area (Å²) in [4.78, 5) is 113. The number of anilines is 3. The second-order valence-electron chi connectivity index (χ2n) is 20.4. The highest BCUT2D eigenvalue weighted by molar-refractivity contribution is 8.44. The van der Waals surface area contributed by atoms with Crippen LogP contribution < -0.4 is 43.8 Å². The smallest absolute Gasteiger partial charge is 0.445 e. The molecule has 6 amide bonds. The van der Waals surface area contributed by atoms with Gasteiger partial charge in [0.05, 0.1) is 32.4 Å². The van der Waals surface area contributed by atoms with Crippen molar-refractivity contribution < 1.29 is 84.4 Å². The lowest BCUT2D eigenvalue weighted by atomic mass is 10.0. The molecule has 0 saturated carbocycles. The average Bonchev–Trinajstić information content (AvgIpc) is 2.04. The Morgan fingerprint density at radius 2 is 1.48 bits per heavy atom. The van der Waals surface area contributed by atoms with Crippen molar-refractivity contribution in [2.24, 2.45) is 11.7 Å². The zero-order valence-corrected chi connectivity index (χ0v) is 49.5. The number of nitrogen functional groups attached to an aromatic ring is 2. The fourth-order valence-electron chi connectivity index (χ4n) is 8.97. The predicted molar refractivity (Wildman–Crippen MR) is 301 cm³/mol. The first-order chi connectivity index (χ1) is 40.2. The molecule has 8 rings (SSSR count). The maximum absolute atomic E-state index is 16.5. The third-order valence-corrected chi connectivity index (χ3v) is 16.4. The predicted octanol–water partition coefficient (Wildman–Crippen LogP) is 2.68. The van der Waals surface area contributed by atoms with Crippen LogP contribution in [0.4, 0.5) is 36.1 Å². The second-order valence-corrected chi connectivity index (χ2v) is 26.0. The van der Waals surface area contributed by atoms with Crippen LogP contribution in [-0.4, -0.2) is 161 Å². The lowest BCUT2D eigenvalue weighted by molar-refractivity contribution is -0.132. The van der Waals surface area contributed by atoms with Gasteiger partial charge in [-0.15, -0.1) is 0 Å². The van der Waals surface area contributed by atoms with E-state index in [9.17, 15) is 38.2 Å². The van der Waals surface area contributed by atoms with Crippen molar-refractivity contribution in [3.05, 3.63) is 55.1 Å². The number of benzene rings is 1. The van der Waals surface area contributed by atoms with Gasteiger partial charge in [0.1, 0.15) is 72.4 Å². The number of rotatable bonds is 19. The summed E-state index contributed by atoms with van der Waals surface area (Å²) in [5.74, 6) is -1.82. The van der Waals surface area contributed by atoms with Gasteiger partial charge in [0.25, 0.3) is 0 Å². The number of fused-ring (bicyclic) bond motifs is 4. The number of alkyl halides is 1. The molecule has 0 bridgehead atoms. The molecule has 462 valence electrons. The number of nitrogens with one attached hydrogen (secondary N) is 5. The maximum atomic E-state index is 16.5. The zero-order chi connectivity index (χ0) is 61.5. The molecule has 1 aromatic carbocycles. The van der Waals surface area contributed by atoms with Gasteiger partial charge in [-0.25, -0.2) is 53.2 Å². The van der Waals surface area contributed by atoms with E-state index < -0.39 is 124 Å². The molecule has 3 fully saturated rings. The Labute approximate surface area is 493 Å². The highest BCUT2D eigenvalue weighted by atomic mass is 32.7. The lowest BCUT2D eigenvalue weighted by Gasteiger charge is -2.31.